The molecule has 2 aromatic rings. The molecule has 21 heavy (non-hydrogen) atoms. The van der Waals surface area contributed by atoms with Crippen LogP contribution in [-0.4, -0.2) is 13.4 Å². The van der Waals surface area contributed by atoms with E-state index in [1.165, 1.54) is 24.3 Å². The molecule has 3 N–H and O–H groups in total. The van der Waals surface area contributed by atoms with Gasteiger partial charge in [-0.25, -0.2) is 8.42 Å². The number of anilines is 1. The minimum absolute atomic E-state index is 0.169. The Balaban J connectivity index is 2.32. The van der Waals surface area contributed by atoms with Gasteiger partial charge < -0.3 is 5.73 Å². The summed E-state index contributed by atoms with van der Waals surface area (Å²) >= 11 is 10.9. The third-order valence-electron chi connectivity index (χ3n) is 2.83. The molecular weight excluding hydrogens is 328 g/mol. The van der Waals surface area contributed by atoms with Crippen LogP contribution in [0.5, 0.6) is 0 Å². The van der Waals surface area contributed by atoms with Crippen LogP contribution in [0.2, 0.25) is 5.02 Å². The van der Waals surface area contributed by atoms with Gasteiger partial charge in [0.15, 0.2) is 0 Å². The predicted octanol–water partition coefficient (Wildman–Crippen LogP) is 3.08. The van der Waals surface area contributed by atoms with Crippen molar-refractivity contribution in [1.82, 2.24) is 0 Å². The average Bonchev–Trinajstić information content (AvgIpc) is 2.41. The Bertz CT molecular complexity index is 787. The van der Waals surface area contributed by atoms with Crippen LogP contribution in [0.15, 0.2) is 47.4 Å². The molecule has 0 unspecified atom stereocenters. The quantitative estimate of drug-likeness (QED) is 0.839. The Labute approximate surface area is 134 Å². The summed E-state index contributed by atoms with van der Waals surface area (Å²) < 4.78 is 27.0. The molecule has 0 aromatic heterocycles. The van der Waals surface area contributed by atoms with E-state index in [4.69, 9.17) is 29.6 Å². The highest BCUT2D eigenvalue weighted by Crippen LogP contribution is 2.26. The summed E-state index contributed by atoms with van der Waals surface area (Å²) in [6.07, 6.45) is 0. The zero-order valence-electron chi connectivity index (χ0n) is 11.1. The fraction of sp³-hybridized carbons (Fsp3) is 0.0714. The first-order valence-electron chi connectivity index (χ1n) is 5.98. The average molecular weight is 341 g/mol. The maximum Gasteiger partial charge on any atom is 0.261 e. The molecule has 2 aromatic carbocycles. The number of nitrogens with one attached hydrogen (secondary N) is 1. The molecule has 0 radical (unpaired) electrons. The lowest BCUT2D eigenvalue weighted by Gasteiger charge is -2.11. The van der Waals surface area contributed by atoms with Crippen molar-refractivity contribution in [2.45, 2.75) is 11.8 Å². The van der Waals surface area contributed by atoms with Crippen LogP contribution in [0.1, 0.15) is 11.1 Å². The zero-order chi connectivity index (χ0) is 15.6. The molecule has 0 heterocycles. The standard InChI is InChI=1S/C14H13ClN2O2S2/c1-9-2-5-11(6-3-9)21(18,19)17-13-7-4-10(14(16)20)8-12(13)15/h2-8,17H,1H3,(H2,16,20). The largest absolute Gasteiger partial charge is 0.389 e. The van der Waals surface area contributed by atoms with Crippen molar-refractivity contribution in [3.8, 4) is 0 Å². The molecule has 0 spiro atoms. The zero-order valence-corrected chi connectivity index (χ0v) is 13.5. The lowest BCUT2D eigenvalue weighted by molar-refractivity contribution is 0.601. The predicted molar refractivity (Wildman–Crippen MR) is 89.3 cm³/mol. The summed E-state index contributed by atoms with van der Waals surface area (Å²) in [5.74, 6) is 0. The fourth-order valence-corrected chi connectivity index (χ4v) is 3.16. The molecule has 0 amide bonds. The van der Waals surface area contributed by atoms with Crippen molar-refractivity contribution in [3.63, 3.8) is 0 Å². The van der Waals surface area contributed by atoms with Crippen molar-refractivity contribution in [3.05, 3.63) is 58.6 Å². The van der Waals surface area contributed by atoms with E-state index in [9.17, 15) is 8.42 Å². The maximum absolute atomic E-state index is 12.3. The maximum atomic E-state index is 12.3. The van der Waals surface area contributed by atoms with Gasteiger partial charge in [0.25, 0.3) is 10.0 Å². The SMILES string of the molecule is Cc1ccc(S(=O)(=O)Nc2ccc(C(N)=S)cc2Cl)cc1. The number of thiocarbonyl (C=S) groups is 1. The van der Waals surface area contributed by atoms with E-state index in [-0.39, 0.29) is 20.6 Å². The fourth-order valence-electron chi connectivity index (χ4n) is 1.67. The highest BCUT2D eigenvalue weighted by Gasteiger charge is 2.15. The molecule has 0 aliphatic heterocycles. The number of benzene rings is 2. The van der Waals surface area contributed by atoms with Gasteiger partial charge in [0.1, 0.15) is 4.99 Å². The van der Waals surface area contributed by atoms with Crippen LogP contribution in [0.3, 0.4) is 0 Å². The van der Waals surface area contributed by atoms with Crippen LogP contribution < -0.4 is 10.5 Å². The van der Waals surface area contributed by atoms with Gasteiger partial charge in [-0.1, -0.05) is 41.5 Å². The Morgan fingerprint density at radius 2 is 1.81 bits per heavy atom. The van der Waals surface area contributed by atoms with Gasteiger partial charge in [0.05, 0.1) is 15.6 Å². The molecule has 2 rings (SSSR count). The van der Waals surface area contributed by atoms with E-state index in [1.807, 2.05) is 6.92 Å². The van der Waals surface area contributed by atoms with Gasteiger partial charge in [0.2, 0.25) is 0 Å². The van der Waals surface area contributed by atoms with Gasteiger partial charge in [-0.15, -0.1) is 0 Å². The second-order valence-electron chi connectivity index (χ2n) is 4.48. The first-order chi connectivity index (χ1) is 9.79. The van der Waals surface area contributed by atoms with Crippen LogP contribution in [0.25, 0.3) is 0 Å². The van der Waals surface area contributed by atoms with Crippen LogP contribution >= 0.6 is 23.8 Å². The van der Waals surface area contributed by atoms with Crippen LogP contribution in [-0.2, 0) is 10.0 Å². The molecule has 0 aliphatic carbocycles. The summed E-state index contributed by atoms with van der Waals surface area (Å²) in [5, 5.41) is 0.232. The molecule has 110 valence electrons. The molecule has 0 aliphatic rings. The van der Waals surface area contributed by atoms with E-state index >= 15 is 0 Å². The number of aryl methyl sites for hydroxylation is 1. The number of sulfonamides is 1. The molecule has 7 heteroatoms. The van der Waals surface area contributed by atoms with Crippen LogP contribution in [0, 0.1) is 6.92 Å². The number of halogens is 1. The molecule has 4 nitrogen and oxygen atoms in total. The van der Waals surface area contributed by atoms with Crippen molar-refractivity contribution >= 4 is 44.5 Å². The Morgan fingerprint density at radius 1 is 1.19 bits per heavy atom. The first kappa shape index (κ1) is 15.8. The Hall–Kier alpha value is -1.63. The Kier molecular flexibility index (Phi) is 4.51. The lowest BCUT2D eigenvalue weighted by atomic mass is 10.2. The molecule has 0 atom stereocenters. The summed E-state index contributed by atoms with van der Waals surface area (Å²) in [7, 11) is -3.68. The second-order valence-corrected chi connectivity index (χ2v) is 7.01. The summed E-state index contributed by atoms with van der Waals surface area (Å²) in [6, 6.07) is 11.2. The topological polar surface area (TPSA) is 72.2 Å². The number of nitrogens with two attached hydrogens (primary N) is 1. The van der Waals surface area contributed by atoms with Crippen molar-refractivity contribution in [1.29, 1.82) is 0 Å². The van der Waals surface area contributed by atoms with Gasteiger partial charge in [-0.3, -0.25) is 4.72 Å². The minimum Gasteiger partial charge on any atom is -0.389 e. The highest BCUT2D eigenvalue weighted by molar-refractivity contribution is 7.92. The van der Waals surface area contributed by atoms with Crippen molar-refractivity contribution < 1.29 is 8.42 Å². The molecule has 0 saturated heterocycles. The Morgan fingerprint density at radius 3 is 2.33 bits per heavy atom. The lowest BCUT2D eigenvalue weighted by Crippen LogP contribution is -2.14. The van der Waals surface area contributed by atoms with E-state index in [0.29, 0.717) is 5.56 Å². The molecular formula is C14H13ClN2O2S2. The number of hydrogen-bond acceptors (Lipinski definition) is 3. The monoisotopic (exact) mass is 340 g/mol. The highest BCUT2D eigenvalue weighted by atomic mass is 35.5. The number of rotatable bonds is 4. The molecule has 0 saturated carbocycles. The van der Waals surface area contributed by atoms with Gasteiger partial charge in [0, 0.05) is 5.56 Å². The second kappa shape index (κ2) is 6.01. The number of hydrogen-bond donors (Lipinski definition) is 2. The van der Waals surface area contributed by atoms with Crippen molar-refractivity contribution in [2.75, 3.05) is 4.72 Å². The normalized spacial score (nSPS) is 11.1. The van der Waals surface area contributed by atoms with Gasteiger partial charge in [-0.2, -0.15) is 0 Å². The summed E-state index contributed by atoms with van der Waals surface area (Å²) in [4.78, 5) is 0.368. The summed E-state index contributed by atoms with van der Waals surface area (Å²) in [5.41, 5.74) is 7.33. The first-order valence-corrected chi connectivity index (χ1v) is 8.25. The minimum atomic E-state index is -3.68. The van der Waals surface area contributed by atoms with E-state index < -0.39 is 10.0 Å². The molecule has 0 fully saturated rings. The third kappa shape index (κ3) is 3.72. The van der Waals surface area contributed by atoms with E-state index in [2.05, 4.69) is 4.72 Å². The summed E-state index contributed by atoms with van der Waals surface area (Å²) in [6.45, 7) is 1.88. The van der Waals surface area contributed by atoms with Gasteiger partial charge in [-0.05, 0) is 37.3 Å². The van der Waals surface area contributed by atoms with E-state index in [0.717, 1.165) is 5.56 Å². The smallest absolute Gasteiger partial charge is 0.261 e. The third-order valence-corrected chi connectivity index (χ3v) is 4.76. The van der Waals surface area contributed by atoms with E-state index in [1.54, 1.807) is 18.2 Å². The van der Waals surface area contributed by atoms with Gasteiger partial charge >= 0.3 is 0 Å². The van der Waals surface area contributed by atoms with Crippen LogP contribution in [0.4, 0.5) is 5.69 Å². The van der Waals surface area contributed by atoms with Crippen molar-refractivity contribution in [2.24, 2.45) is 5.73 Å². The molecule has 0 bridgehead atoms.